The Morgan fingerprint density at radius 3 is 2.53 bits per heavy atom. The molecule has 0 aromatic rings. The first kappa shape index (κ1) is 12.9. The topological polar surface area (TPSA) is 58.2 Å². The molecule has 90 valence electrons. The van der Waals surface area contributed by atoms with Gasteiger partial charge in [-0.25, -0.2) is 13.1 Å². The minimum absolute atomic E-state index is 0.246. The van der Waals surface area contributed by atoms with Crippen LogP contribution in [0.15, 0.2) is 0 Å². The highest BCUT2D eigenvalue weighted by molar-refractivity contribution is 7.89. The zero-order valence-electron chi connectivity index (χ0n) is 9.46. The van der Waals surface area contributed by atoms with Crippen molar-refractivity contribution in [2.24, 2.45) is 0 Å². The third-order valence-electron chi connectivity index (χ3n) is 2.45. The van der Waals surface area contributed by atoms with E-state index in [1.165, 1.54) is 12.8 Å². The largest absolute Gasteiger partial charge is 0.314 e. The van der Waals surface area contributed by atoms with Gasteiger partial charge >= 0.3 is 0 Å². The van der Waals surface area contributed by atoms with Gasteiger partial charge in [-0.2, -0.15) is 0 Å². The molecule has 4 nitrogen and oxygen atoms in total. The zero-order valence-corrected chi connectivity index (χ0v) is 10.3. The maximum Gasteiger partial charge on any atom is 0.211 e. The minimum atomic E-state index is -3.02. The van der Waals surface area contributed by atoms with Gasteiger partial charge in [0.2, 0.25) is 10.0 Å². The predicted octanol–water partition coefficient (Wildman–Crippen LogP) is 0.848. The standard InChI is InChI=1S/C10H22N2O2S/c1-2-3-8-12-15(13,14)9-4-7-11-10-5-6-10/h10-12H,2-9H2,1H3. The molecule has 1 rings (SSSR count). The van der Waals surface area contributed by atoms with E-state index in [0.717, 1.165) is 19.4 Å². The summed E-state index contributed by atoms with van der Waals surface area (Å²) in [5, 5.41) is 3.30. The second kappa shape index (κ2) is 6.45. The molecular formula is C10H22N2O2S. The van der Waals surface area contributed by atoms with Crippen LogP contribution in [0.3, 0.4) is 0 Å². The van der Waals surface area contributed by atoms with Gasteiger partial charge in [-0.1, -0.05) is 13.3 Å². The van der Waals surface area contributed by atoms with Crippen molar-refractivity contribution in [1.82, 2.24) is 10.0 Å². The Morgan fingerprint density at radius 1 is 1.20 bits per heavy atom. The third-order valence-corrected chi connectivity index (χ3v) is 3.92. The first-order valence-electron chi connectivity index (χ1n) is 5.85. The summed E-state index contributed by atoms with van der Waals surface area (Å²) in [6, 6.07) is 0.667. The number of rotatable bonds is 9. The highest BCUT2D eigenvalue weighted by Crippen LogP contribution is 2.18. The Hall–Kier alpha value is -0.130. The van der Waals surface area contributed by atoms with Crippen LogP contribution in [-0.4, -0.2) is 33.3 Å². The normalized spacial score (nSPS) is 16.9. The van der Waals surface area contributed by atoms with Crippen molar-refractivity contribution in [2.45, 2.75) is 45.1 Å². The molecule has 0 radical (unpaired) electrons. The quantitative estimate of drug-likeness (QED) is 0.581. The van der Waals surface area contributed by atoms with Gasteiger partial charge in [0.05, 0.1) is 5.75 Å². The average molecular weight is 234 g/mol. The fraction of sp³-hybridized carbons (Fsp3) is 1.00. The van der Waals surface area contributed by atoms with Crippen LogP contribution < -0.4 is 10.0 Å². The molecule has 0 saturated heterocycles. The van der Waals surface area contributed by atoms with Crippen LogP contribution in [0, 0.1) is 0 Å². The molecule has 5 heteroatoms. The van der Waals surface area contributed by atoms with Crippen molar-refractivity contribution >= 4 is 10.0 Å². The highest BCUT2D eigenvalue weighted by atomic mass is 32.2. The molecule has 1 aliphatic rings. The predicted molar refractivity (Wildman–Crippen MR) is 62.3 cm³/mol. The summed E-state index contributed by atoms with van der Waals surface area (Å²) in [6.45, 7) is 3.45. The van der Waals surface area contributed by atoms with E-state index >= 15 is 0 Å². The van der Waals surface area contributed by atoms with Gasteiger partial charge in [0.25, 0.3) is 0 Å². The van der Waals surface area contributed by atoms with E-state index < -0.39 is 10.0 Å². The molecule has 0 aromatic carbocycles. The molecule has 15 heavy (non-hydrogen) atoms. The Balaban J connectivity index is 2.00. The summed E-state index contributed by atoms with van der Waals surface area (Å²) in [5.74, 6) is 0.246. The molecule has 2 N–H and O–H groups in total. The van der Waals surface area contributed by atoms with Crippen molar-refractivity contribution in [3.63, 3.8) is 0 Å². The van der Waals surface area contributed by atoms with Crippen LogP contribution in [0.5, 0.6) is 0 Å². The van der Waals surface area contributed by atoms with Crippen LogP contribution in [0.25, 0.3) is 0 Å². The number of nitrogens with one attached hydrogen (secondary N) is 2. The first-order chi connectivity index (χ1) is 7.14. The SMILES string of the molecule is CCCCNS(=O)(=O)CCCNC1CC1. The van der Waals surface area contributed by atoms with Crippen LogP contribution in [0.1, 0.15) is 39.0 Å². The van der Waals surface area contributed by atoms with Gasteiger partial charge in [0, 0.05) is 12.6 Å². The highest BCUT2D eigenvalue weighted by Gasteiger charge is 2.19. The summed E-state index contributed by atoms with van der Waals surface area (Å²) in [4.78, 5) is 0. The molecule has 0 aromatic heterocycles. The first-order valence-corrected chi connectivity index (χ1v) is 7.50. The van der Waals surface area contributed by atoms with E-state index in [1.54, 1.807) is 0 Å². The lowest BCUT2D eigenvalue weighted by Gasteiger charge is -2.06. The summed E-state index contributed by atoms with van der Waals surface area (Å²) in [6.07, 6.45) is 5.15. The zero-order chi connectivity index (χ0) is 11.1. The van der Waals surface area contributed by atoms with Crippen molar-refractivity contribution in [2.75, 3.05) is 18.8 Å². The molecule has 0 unspecified atom stereocenters. The number of sulfonamides is 1. The number of unbranched alkanes of at least 4 members (excludes halogenated alkanes) is 1. The van der Waals surface area contributed by atoms with E-state index in [0.29, 0.717) is 19.0 Å². The molecular weight excluding hydrogens is 212 g/mol. The smallest absolute Gasteiger partial charge is 0.211 e. The van der Waals surface area contributed by atoms with Crippen molar-refractivity contribution in [3.8, 4) is 0 Å². The lowest BCUT2D eigenvalue weighted by atomic mass is 10.3. The van der Waals surface area contributed by atoms with Crippen molar-refractivity contribution in [1.29, 1.82) is 0 Å². The summed E-state index contributed by atoms with van der Waals surface area (Å²) >= 11 is 0. The summed E-state index contributed by atoms with van der Waals surface area (Å²) < 4.78 is 25.5. The molecule has 0 spiro atoms. The molecule has 0 amide bonds. The summed E-state index contributed by atoms with van der Waals surface area (Å²) in [5.41, 5.74) is 0. The van der Waals surface area contributed by atoms with E-state index in [1.807, 2.05) is 6.92 Å². The Kier molecular flexibility index (Phi) is 5.56. The second-order valence-electron chi connectivity index (χ2n) is 4.15. The Bertz CT molecular complexity index is 261. The van der Waals surface area contributed by atoms with Crippen LogP contribution in [0.4, 0.5) is 0 Å². The monoisotopic (exact) mass is 234 g/mol. The minimum Gasteiger partial charge on any atom is -0.314 e. The van der Waals surface area contributed by atoms with Crippen molar-refractivity contribution < 1.29 is 8.42 Å². The van der Waals surface area contributed by atoms with Gasteiger partial charge in [0.1, 0.15) is 0 Å². The summed E-state index contributed by atoms with van der Waals surface area (Å²) in [7, 11) is -3.02. The molecule has 0 heterocycles. The van der Waals surface area contributed by atoms with Gasteiger partial charge in [0.15, 0.2) is 0 Å². The molecule has 0 atom stereocenters. The van der Waals surface area contributed by atoms with E-state index in [4.69, 9.17) is 0 Å². The van der Waals surface area contributed by atoms with E-state index in [2.05, 4.69) is 10.0 Å². The number of hydrogen-bond acceptors (Lipinski definition) is 3. The Morgan fingerprint density at radius 2 is 1.93 bits per heavy atom. The van der Waals surface area contributed by atoms with Gasteiger partial charge in [-0.05, 0) is 32.2 Å². The maximum atomic E-state index is 11.4. The molecule has 1 aliphatic carbocycles. The molecule has 0 aliphatic heterocycles. The Labute approximate surface area is 92.9 Å². The van der Waals surface area contributed by atoms with Crippen LogP contribution in [0.2, 0.25) is 0 Å². The van der Waals surface area contributed by atoms with Crippen LogP contribution >= 0.6 is 0 Å². The lowest BCUT2D eigenvalue weighted by Crippen LogP contribution is -2.29. The fourth-order valence-corrected chi connectivity index (χ4v) is 2.46. The van der Waals surface area contributed by atoms with Gasteiger partial charge in [-0.15, -0.1) is 0 Å². The lowest BCUT2D eigenvalue weighted by molar-refractivity contribution is 0.571. The number of hydrogen-bond donors (Lipinski definition) is 2. The maximum absolute atomic E-state index is 11.4. The van der Waals surface area contributed by atoms with E-state index in [-0.39, 0.29) is 5.75 Å². The third kappa shape index (κ3) is 6.87. The van der Waals surface area contributed by atoms with Gasteiger partial charge < -0.3 is 5.32 Å². The average Bonchev–Trinajstić information content (AvgIpc) is 2.96. The fourth-order valence-electron chi connectivity index (χ4n) is 1.33. The molecule has 1 fully saturated rings. The molecule has 1 saturated carbocycles. The molecule has 0 bridgehead atoms. The van der Waals surface area contributed by atoms with Crippen LogP contribution in [-0.2, 0) is 10.0 Å². The van der Waals surface area contributed by atoms with Crippen molar-refractivity contribution in [3.05, 3.63) is 0 Å². The van der Waals surface area contributed by atoms with E-state index in [9.17, 15) is 8.42 Å². The van der Waals surface area contributed by atoms with Gasteiger partial charge in [-0.3, -0.25) is 0 Å². The second-order valence-corrected chi connectivity index (χ2v) is 6.08.